The fourth-order valence-electron chi connectivity index (χ4n) is 2.08. The van der Waals surface area contributed by atoms with E-state index in [1.165, 1.54) is 25.1 Å². The van der Waals surface area contributed by atoms with Crippen LogP contribution in [0.3, 0.4) is 0 Å². The van der Waals surface area contributed by atoms with E-state index in [0.717, 1.165) is 10.0 Å². The number of hydrogen-bond donors (Lipinski definition) is 2. The van der Waals surface area contributed by atoms with Crippen molar-refractivity contribution in [3.8, 4) is 5.75 Å². The van der Waals surface area contributed by atoms with Gasteiger partial charge >= 0.3 is 0 Å². The standard InChI is InChI=1S/C18H18BrFN2O3/c1-10-4-7-17(14(19)8-10)25-11(2)18(24)22-13-5-6-15(20)16(9-13)21-12(3)23/h4-9,11H,1-3H3,(H,21,23)(H,22,24). The van der Waals surface area contributed by atoms with Crippen LogP contribution >= 0.6 is 15.9 Å². The summed E-state index contributed by atoms with van der Waals surface area (Å²) in [6, 6.07) is 9.47. The van der Waals surface area contributed by atoms with Crippen LogP contribution in [0, 0.1) is 12.7 Å². The van der Waals surface area contributed by atoms with Crippen molar-refractivity contribution in [2.45, 2.75) is 26.9 Å². The molecule has 25 heavy (non-hydrogen) atoms. The molecule has 1 atom stereocenters. The first kappa shape index (κ1) is 18.9. The normalized spacial score (nSPS) is 11.6. The maximum atomic E-state index is 13.6. The zero-order chi connectivity index (χ0) is 18.6. The lowest BCUT2D eigenvalue weighted by Gasteiger charge is -2.16. The minimum atomic E-state index is -0.770. The largest absolute Gasteiger partial charge is 0.480 e. The minimum absolute atomic E-state index is 0.000139. The molecule has 2 rings (SSSR count). The van der Waals surface area contributed by atoms with Gasteiger partial charge in [-0.15, -0.1) is 0 Å². The van der Waals surface area contributed by atoms with Gasteiger partial charge in [0.05, 0.1) is 10.2 Å². The van der Waals surface area contributed by atoms with Crippen LogP contribution in [-0.2, 0) is 9.59 Å². The highest BCUT2D eigenvalue weighted by molar-refractivity contribution is 9.10. The van der Waals surface area contributed by atoms with Gasteiger partial charge in [0.15, 0.2) is 6.10 Å². The van der Waals surface area contributed by atoms with Crippen molar-refractivity contribution in [1.82, 2.24) is 0 Å². The van der Waals surface area contributed by atoms with Gasteiger partial charge in [-0.2, -0.15) is 0 Å². The Morgan fingerprint density at radius 2 is 1.88 bits per heavy atom. The Labute approximate surface area is 153 Å². The molecule has 0 radical (unpaired) electrons. The van der Waals surface area contributed by atoms with E-state index in [1.807, 2.05) is 19.1 Å². The third kappa shape index (κ3) is 5.29. The summed E-state index contributed by atoms with van der Waals surface area (Å²) in [5.41, 5.74) is 1.42. The molecule has 0 fully saturated rings. The second-order valence-corrected chi connectivity index (χ2v) is 6.41. The average Bonchev–Trinajstić information content (AvgIpc) is 2.52. The topological polar surface area (TPSA) is 67.4 Å². The van der Waals surface area contributed by atoms with Gasteiger partial charge in [0.25, 0.3) is 5.91 Å². The van der Waals surface area contributed by atoms with Crippen LogP contribution in [-0.4, -0.2) is 17.9 Å². The van der Waals surface area contributed by atoms with Crippen LogP contribution in [0.25, 0.3) is 0 Å². The van der Waals surface area contributed by atoms with Gasteiger partial charge in [-0.25, -0.2) is 4.39 Å². The summed E-state index contributed by atoms with van der Waals surface area (Å²) in [6.07, 6.45) is -0.770. The molecule has 0 bridgehead atoms. The second-order valence-electron chi connectivity index (χ2n) is 5.56. The smallest absolute Gasteiger partial charge is 0.265 e. The lowest BCUT2D eigenvalue weighted by Crippen LogP contribution is -2.30. The molecular formula is C18H18BrFN2O3. The number of benzene rings is 2. The number of carbonyl (C=O) groups is 2. The number of nitrogens with one attached hydrogen (secondary N) is 2. The molecule has 2 N–H and O–H groups in total. The van der Waals surface area contributed by atoms with E-state index in [2.05, 4.69) is 26.6 Å². The van der Waals surface area contributed by atoms with Gasteiger partial charge in [0, 0.05) is 12.6 Å². The third-order valence-electron chi connectivity index (χ3n) is 3.30. The summed E-state index contributed by atoms with van der Waals surface area (Å²) < 4.78 is 20.0. The summed E-state index contributed by atoms with van der Waals surface area (Å²) >= 11 is 3.39. The molecule has 0 heterocycles. The van der Waals surface area contributed by atoms with Gasteiger partial charge in [0.2, 0.25) is 5.91 Å². The molecule has 0 aromatic heterocycles. The monoisotopic (exact) mass is 408 g/mol. The van der Waals surface area contributed by atoms with E-state index in [1.54, 1.807) is 13.0 Å². The quantitative estimate of drug-likeness (QED) is 0.776. The molecular weight excluding hydrogens is 391 g/mol. The van der Waals surface area contributed by atoms with Gasteiger partial charge < -0.3 is 15.4 Å². The van der Waals surface area contributed by atoms with Crippen LogP contribution in [0.4, 0.5) is 15.8 Å². The predicted molar refractivity (Wildman–Crippen MR) is 98.3 cm³/mol. The lowest BCUT2D eigenvalue weighted by atomic mass is 10.2. The van der Waals surface area contributed by atoms with Crippen LogP contribution < -0.4 is 15.4 Å². The number of aryl methyl sites for hydroxylation is 1. The lowest BCUT2D eigenvalue weighted by molar-refractivity contribution is -0.122. The van der Waals surface area contributed by atoms with E-state index < -0.39 is 23.7 Å². The molecule has 2 amide bonds. The van der Waals surface area contributed by atoms with Crippen LogP contribution in [0.5, 0.6) is 5.75 Å². The maximum absolute atomic E-state index is 13.6. The van der Waals surface area contributed by atoms with Crippen molar-refractivity contribution in [2.24, 2.45) is 0 Å². The molecule has 0 aliphatic rings. The predicted octanol–water partition coefficient (Wildman–Crippen LogP) is 4.26. The fraction of sp³-hybridized carbons (Fsp3) is 0.222. The summed E-state index contributed by atoms with van der Waals surface area (Å²) in [5, 5.41) is 5.00. The molecule has 132 valence electrons. The molecule has 0 saturated carbocycles. The van der Waals surface area contributed by atoms with E-state index >= 15 is 0 Å². The SMILES string of the molecule is CC(=O)Nc1cc(NC(=O)C(C)Oc2ccc(C)cc2Br)ccc1F. The van der Waals surface area contributed by atoms with Crippen LogP contribution in [0.1, 0.15) is 19.4 Å². The highest BCUT2D eigenvalue weighted by Crippen LogP contribution is 2.27. The van der Waals surface area contributed by atoms with Gasteiger partial charge in [0.1, 0.15) is 11.6 Å². The highest BCUT2D eigenvalue weighted by atomic mass is 79.9. The van der Waals surface area contributed by atoms with Crippen molar-refractivity contribution in [3.05, 3.63) is 52.3 Å². The first-order chi connectivity index (χ1) is 11.8. The number of rotatable bonds is 5. The van der Waals surface area contributed by atoms with Gasteiger partial charge in [-0.3, -0.25) is 9.59 Å². The van der Waals surface area contributed by atoms with Crippen molar-refractivity contribution in [1.29, 1.82) is 0 Å². The zero-order valence-electron chi connectivity index (χ0n) is 14.0. The summed E-state index contributed by atoms with van der Waals surface area (Å²) in [4.78, 5) is 23.4. The summed E-state index contributed by atoms with van der Waals surface area (Å²) in [6.45, 7) is 4.84. The van der Waals surface area contributed by atoms with E-state index in [0.29, 0.717) is 11.4 Å². The van der Waals surface area contributed by atoms with Crippen molar-refractivity contribution in [2.75, 3.05) is 10.6 Å². The number of carbonyl (C=O) groups excluding carboxylic acids is 2. The fourth-order valence-corrected chi connectivity index (χ4v) is 2.66. The summed E-state index contributed by atoms with van der Waals surface area (Å²) in [7, 11) is 0. The number of halogens is 2. The first-order valence-corrected chi connectivity index (χ1v) is 8.36. The van der Waals surface area contributed by atoms with Gasteiger partial charge in [-0.1, -0.05) is 6.07 Å². The number of hydrogen-bond acceptors (Lipinski definition) is 3. The van der Waals surface area contributed by atoms with Crippen molar-refractivity contribution < 1.29 is 18.7 Å². The van der Waals surface area contributed by atoms with Crippen LogP contribution in [0.2, 0.25) is 0 Å². The Kier molecular flexibility index (Phi) is 6.14. The molecule has 2 aromatic carbocycles. The average molecular weight is 409 g/mol. The summed E-state index contributed by atoms with van der Waals surface area (Å²) in [5.74, 6) is -0.830. The van der Waals surface area contributed by atoms with E-state index in [-0.39, 0.29) is 5.69 Å². The number of ether oxygens (including phenoxy) is 1. The van der Waals surface area contributed by atoms with Crippen molar-refractivity contribution >= 4 is 39.1 Å². The molecule has 0 aliphatic carbocycles. The minimum Gasteiger partial charge on any atom is -0.480 e. The maximum Gasteiger partial charge on any atom is 0.265 e. The second kappa shape index (κ2) is 8.11. The van der Waals surface area contributed by atoms with E-state index in [9.17, 15) is 14.0 Å². The first-order valence-electron chi connectivity index (χ1n) is 7.57. The van der Waals surface area contributed by atoms with Crippen LogP contribution in [0.15, 0.2) is 40.9 Å². The Balaban J connectivity index is 2.07. The Morgan fingerprint density at radius 1 is 1.16 bits per heavy atom. The van der Waals surface area contributed by atoms with E-state index in [4.69, 9.17) is 4.74 Å². The number of amides is 2. The Morgan fingerprint density at radius 3 is 2.52 bits per heavy atom. The highest BCUT2D eigenvalue weighted by Gasteiger charge is 2.17. The molecule has 7 heteroatoms. The zero-order valence-corrected chi connectivity index (χ0v) is 15.6. The molecule has 5 nitrogen and oxygen atoms in total. The molecule has 0 saturated heterocycles. The van der Waals surface area contributed by atoms with Crippen molar-refractivity contribution in [3.63, 3.8) is 0 Å². The van der Waals surface area contributed by atoms with Gasteiger partial charge in [-0.05, 0) is 65.7 Å². The number of anilines is 2. The molecule has 1 unspecified atom stereocenters. The molecule has 0 spiro atoms. The molecule has 0 aliphatic heterocycles. The third-order valence-corrected chi connectivity index (χ3v) is 3.92. The Bertz CT molecular complexity index is 811. The molecule has 2 aromatic rings. The Hall–Kier alpha value is -2.41.